The molecule has 0 radical (unpaired) electrons. The van der Waals surface area contributed by atoms with Crippen molar-refractivity contribution in [3.8, 4) is 0 Å². The number of aliphatic hydroxyl groups is 1. The van der Waals surface area contributed by atoms with E-state index in [4.69, 9.17) is 0 Å². The molecule has 1 N–H and O–H groups in total. The van der Waals surface area contributed by atoms with E-state index in [2.05, 4.69) is 120 Å². The van der Waals surface area contributed by atoms with Crippen LogP contribution in [-0.4, -0.2) is 20.3 Å². The summed E-state index contributed by atoms with van der Waals surface area (Å²) in [6, 6.07) is 30.3. The first-order valence-corrected chi connectivity index (χ1v) is 12.6. The number of hydrogen-bond donors (Lipinski definition) is 1. The molecule has 0 aliphatic heterocycles. The molecular formula is C33H28N2O. The van der Waals surface area contributed by atoms with Crippen LogP contribution in [-0.2, 0) is 14.1 Å². The number of fused-ring (bicyclic) bond motifs is 6. The summed E-state index contributed by atoms with van der Waals surface area (Å²) in [5.41, 5.74) is 9.42. The van der Waals surface area contributed by atoms with Crippen LogP contribution in [0.3, 0.4) is 0 Å². The van der Waals surface area contributed by atoms with Crippen molar-refractivity contribution in [1.29, 1.82) is 0 Å². The van der Waals surface area contributed by atoms with Gasteiger partial charge < -0.3 is 14.2 Å². The first-order valence-electron chi connectivity index (χ1n) is 12.6. The summed E-state index contributed by atoms with van der Waals surface area (Å²) in [6.07, 6.45) is 5.60. The molecule has 3 heteroatoms. The lowest BCUT2D eigenvalue weighted by atomic mass is 10.0. The molecule has 4 aromatic carbocycles. The molecule has 2 heterocycles. The van der Waals surface area contributed by atoms with Gasteiger partial charge in [0.1, 0.15) is 0 Å². The maximum atomic E-state index is 11.2. The largest absolute Gasteiger partial charge is 0.384 e. The second-order valence-electron chi connectivity index (χ2n) is 10.0. The van der Waals surface area contributed by atoms with Crippen molar-refractivity contribution in [2.75, 3.05) is 0 Å². The summed E-state index contributed by atoms with van der Waals surface area (Å²) in [7, 11) is 4.24. The fourth-order valence-electron chi connectivity index (χ4n) is 6.08. The normalized spacial score (nSPS) is 17.1. The zero-order chi connectivity index (χ0) is 24.4. The van der Waals surface area contributed by atoms with Gasteiger partial charge in [0.2, 0.25) is 0 Å². The van der Waals surface area contributed by atoms with Crippen LogP contribution >= 0.6 is 0 Å². The third-order valence-corrected chi connectivity index (χ3v) is 7.98. The number of aliphatic hydroxyl groups excluding tert-OH is 1. The van der Waals surface area contributed by atoms with Gasteiger partial charge in [0.25, 0.3) is 0 Å². The van der Waals surface area contributed by atoms with Crippen LogP contribution in [0.2, 0.25) is 0 Å². The zero-order valence-electron chi connectivity index (χ0n) is 20.6. The molecule has 0 amide bonds. The summed E-state index contributed by atoms with van der Waals surface area (Å²) in [6.45, 7) is 0. The Labute approximate surface area is 210 Å². The number of aryl methyl sites for hydroxylation is 2. The molecule has 0 bridgehead atoms. The van der Waals surface area contributed by atoms with E-state index in [1.165, 1.54) is 43.6 Å². The highest BCUT2D eigenvalue weighted by molar-refractivity contribution is 6.09. The lowest BCUT2D eigenvalue weighted by Gasteiger charge is -2.08. The van der Waals surface area contributed by atoms with E-state index in [1.807, 2.05) is 0 Å². The Hall–Kier alpha value is -4.08. The summed E-state index contributed by atoms with van der Waals surface area (Å²) >= 11 is 0. The van der Waals surface area contributed by atoms with Gasteiger partial charge >= 0.3 is 0 Å². The number of hydrogen-bond acceptors (Lipinski definition) is 1. The minimum absolute atomic E-state index is 0.531. The lowest BCUT2D eigenvalue weighted by Crippen LogP contribution is -2.04. The third kappa shape index (κ3) is 3.16. The quantitative estimate of drug-likeness (QED) is 0.279. The SMILES string of the molecule is Cn1c2ccccc2c2cc(/C=C3\CC/C(=C\c4ccc5c(c4)c4ccccc4n5C)C3O)ccc21. The van der Waals surface area contributed by atoms with E-state index in [1.54, 1.807) is 0 Å². The standard InChI is InChI=1S/C33H28N2O/c1-34-29-9-5-3-7-25(29)27-19-21(11-15-31(27)34)17-23-13-14-24(33(23)36)18-22-12-16-32-28(20-22)26-8-4-6-10-30(26)35(32)2/h3-12,15-20,33,36H,13-14H2,1-2H3/b23-17+,24-18+. The van der Waals surface area contributed by atoms with Gasteiger partial charge in [0, 0.05) is 57.7 Å². The number of nitrogens with zero attached hydrogens (tertiary/aromatic N) is 2. The second-order valence-corrected chi connectivity index (χ2v) is 10.0. The monoisotopic (exact) mass is 468 g/mol. The average molecular weight is 469 g/mol. The second kappa shape index (κ2) is 7.97. The molecule has 36 heavy (non-hydrogen) atoms. The number of rotatable bonds is 2. The zero-order valence-corrected chi connectivity index (χ0v) is 20.6. The van der Waals surface area contributed by atoms with Crippen molar-refractivity contribution in [3.63, 3.8) is 0 Å². The highest BCUT2D eigenvalue weighted by atomic mass is 16.3. The van der Waals surface area contributed by atoms with Gasteiger partial charge in [0.15, 0.2) is 0 Å². The molecule has 1 aliphatic rings. The molecule has 1 fully saturated rings. The van der Waals surface area contributed by atoms with Crippen LogP contribution < -0.4 is 0 Å². The van der Waals surface area contributed by atoms with Gasteiger partial charge in [-0.2, -0.15) is 0 Å². The smallest absolute Gasteiger partial charge is 0.0967 e. The van der Waals surface area contributed by atoms with Crippen LogP contribution in [0.15, 0.2) is 96.1 Å². The Morgan fingerprint density at radius 1 is 0.583 bits per heavy atom. The van der Waals surface area contributed by atoms with E-state index in [-0.39, 0.29) is 0 Å². The summed E-state index contributed by atoms with van der Waals surface area (Å²) in [5.74, 6) is 0. The molecule has 0 unspecified atom stereocenters. The molecular weight excluding hydrogens is 440 g/mol. The van der Waals surface area contributed by atoms with Crippen LogP contribution in [0.5, 0.6) is 0 Å². The van der Waals surface area contributed by atoms with Gasteiger partial charge in [-0.05, 0) is 71.5 Å². The third-order valence-electron chi connectivity index (χ3n) is 7.98. The minimum Gasteiger partial charge on any atom is -0.384 e. The molecule has 3 nitrogen and oxygen atoms in total. The first-order chi connectivity index (χ1) is 17.6. The Morgan fingerprint density at radius 3 is 1.47 bits per heavy atom. The van der Waals surface area contributed by atoms with Gasteiger partial charge in [-0.3, -0.25) is 0 Å². The molecule has 1 aliphatic carbocycles. The number of aromatic nitrogens is 2. The van der Waals surface area contributed by atoms with Crippen molar-refractivity contribution >= 4 is 55.8 Å². The predicted octanol–water partition coefficient (Wildman–Crippen LogP) is 7.60. The van der Waals surface area contributed by atoms with Crippen molar-refractivity contribution in [3.05, 3.63) is 107 Å². The summed E-state index contributed by atoms with van der Waals surface area (Å²) < 4.78 is 4.50. The van der Waals surface area contributed by atoms with E-state index in [0.29, 0.717) is 0 Å². The average Bonchev–Trinajstić information content (AvgIpc) is 3.50. The topological polar surface area (TPSA) is 30.1 Å². The first kappa shape index (κ1) is 21.2. The molecule has 1 saturated carbocycles. The van der Waals surface area contributed by atoms with Gasteiger partial charge in [0.05, 0.1) is 6.10 Å². The van der Waals surface area contributed by atoms with Crippen LogP contribution in [0.1, 0.15) is 24.0 Å². The van der Waals surface area contributed by atoms with E-state index in [0.717, 1.165) is 35.1 Å². The summed E-state index contributed by atoms with van der Waals surface area (Å²) in [5, 5.41) is 16.3. The Bertz CT molecular complexity index is 1740. The Kier molecular flexibility index (Phi) is 4.70. The molecule has 7 rings (SSSR count). The highest BCUT2D eigenvalue weighted by Gasteiger charge is 2.24. The lowest BCUT2D eigenvalue weighted by molar-refractivity contribution is 0.257. The molecule has 176 valence electrons. The van der Waals surface area contributed by atoms with Gasteiger partial charge in [-0.1, -0.05) is 60.7 Å². The summed E-state index contributed by atoms with van der Waals surface area (Å²) in [4.78, 5) is 0. The van der Waals surface area contributed by atoms with Crippen LogP contribution in [0.25, 0.3) is 55.8 Å². The van der Waals surface area contributed by atoms with Crippen molar-refractivity contribution < 1.29 is 5.11 Å². The van der Waals surface area contributed by atoms with E-state index >= 15 is 0 Å². The molecule has 6 aromatic rings. The van der Waals surface area contributed by atoms with E-state index in [9.17, 15) is 5.11 Å². The maximum Gasteiger partial charge on any atom is 0.0967 e. The molecule has 0 atom stereocenters. The van der Waals surface area contributed by atoms with Crippen molar-refractivity contribution in [2.24, 2.45) is 14.1 Å². The maximum absolute atomic E-state index is 11.2. The van der Waals surface area contributed by atoms with Crippen LogP contribution in [0.4, 0.5) is 0 Å². The fourth-order valence-corrected chi connectivity index (χ4v) is 6.08. The number of para-hydroxylation sites is 2. The number of benzene rings is 4. The Morgan fingerprint density at radius 2 is 1.00 bits per heavy atom. The minimum atomic E-state index is -0.531. The van der Waals surface area contributed by atoms with Crippen LogP contribution in [0, 0.1) is 0 Å². The van der Waals surface area contributed by atoms with Gasteiger partial charge in [-0.25, -0.2) is 0 Å². The highest BCUT2D eigenvalue weighted by Crippen LogP contribution is 2.36. The van der Waals surface area contributed by atoms with Gasteiger partial charge in [-0.15, -0.1) is 0 Å². The van der Waals surface area contributed by atoms with E-state index < -0.39 is 6.10 Å². The van der Waals surface area contributed by atoms with Crippen molar-refractivity contribution in [1.82, 2.24) is 9.13 Å². The fraction of sp³-hybridized carbons (Fsp3) is 0.152. The molecule has 2 aromatic heterocycles. The van der Waals surface area contributed by atoms with Crippen molar-refractivity contribution in [2.45, 2.75) is 18.9 Å². The molecule has 0 spiro atoms. The molecule has 0 saturated heterocycles. The predicted molar refractivity (Wildman–Crippen MR) is 152 cm³/mol. The Balaban J connectivity index is 1.24.